The number of hydrogen-bond donors (Lipinski definition) is 0. The highest BCUT2D eigenvalue weighted by Gasteiger charge is 2.48. The van der Waals surface area contributed by atoms with Crippen molar-refractivity contribution in [2.24, 2.45) is 5.92 Å². The van der Waals surface area contributed by atoms with Gasteiger partial charge in [0, 0.05) is 4.88 Å². The van der Waals surface area contributed by atoms with Gasteiger partial charge in [-0.1, -0.05) is 6.92 Å². The summed E-state index contributed by atoms with van der Waals surface area (Å²) in [5, 5.41) is 11.3. The molecule has 2 nitrogen and oxygen atoms in total. The van der Waals surface area contributed by atoms with Crippen molar-refractivity contribution in [2.45, 2.75) is 25.7 Å². The number of hydrogen-bond acceptors (Lipinski definition) is 3. The number of ether oxygens (including phenoxy) is 1. The zero-order valence-electron chi connectivity index (χ0n) is 9.12. The molecule has 1 aliphatic heterocycles. The van der Waals surface area contributed by atoms with Crippen molar-refractivity contribution in [2.75, 3.05) is 13.2 Å². The van der Waals surface area contributed by atoms with Gasteiger partial charge in [0.2, 0.25) is 0 Å². The van der Waals surface area contributed by atoms with Crippen LogP contribution in [-0.4, -0.2) is 13.2 Å². The van der Waals surface area contributed by atoms with E-state index in [9.17, 15) is 5.26 Å². The molecule has 0 N–H and O–H groups in total. The van der Waals surface area contributed by atoms with Crippen molar-refractivity contribution < 1.29 is 4.74 Å². The first kappa shape index (κ1) is 10.7. The topological polar surface area (TPSA) is 33.0 Å². The van der Waals surface area contributed by atoms with Crippen molar-refractivity contribution in [3.05, 3.63) is 21.9 Å². The van der Waals surface area contributed by atoms with Crippen LogP contribution in [0.5, 0.6) is 0 Å². The molecule has 1 atom stereocenters. The van der Waals surface area contributed by atoms with Crippen molar-refractivity contribution in [3.8, 4) is 6.07 Å². The first-order chi connectivity index (χ1) is 7.24. The minimum Gasteiger partial charge on any atom is -0.379 e. The summed E-state index contributed by atoms with van der Waals surface area (Å²) in [6.45, 7) is 5.62. The maximum atomic E-state index is 9.22. The fraction of sp³-hybridized carbons (Fsp3) is 0.583. The van der Waals surface area contributed by atoms with Crippen LogP contribution in [0.25, 0.3) is 0 Å². The molecule has 0 aromatic carbocycles. The molecular formula is C12H15NOS. The normalized spacial score (nSPS) is 20.3. The highest BCUT2D eigenvalue weighted by molar-refractivity contribution is 7.10. The Morgan fingerprint density at radius 1 is 1.67 bits per heavy atom. The van der Waals surface area contributed by atoms with Gasteiger partial charge in [-0.05, 0) is 30.4 Å². The lowest BCUT2D eigenvalue weighted by Crippen LogP contribution is -2.51. The summed E-state index contributed by atoms with van der Waals surface area (Å²) < 4.78 is 5.36. The predicted octanol–water partition coefficient (Wildman–Crippen LogP) is 2.87. The largest absolute Gasteiger partial charge is 0.379 e. The molecule has 1 aliphatic rings. The van der Waals surface area contributed by atoms with Gasteiger partial charge in [0.25, 0.3) is 0 Å². The van der Waals surface area contributed by atoms with Gasteiger partial charge in [0.15, 0.2) is 0 Å². The third-order valence-electron chi connectivity index (χ3n) is 3.26. The van der Waals surface area contributed by atoms with E-state index in [1.807, 2.05) is 0 Å². The summed E-state index contributed by atoms with van der Waals surface area (Å²) >= 11 is 1.76. The Labute approximate surface area is 94.5 Å². The molecule has 2 heterocycles. The molecule has 0 amide bonds. The highest BCUT2D eigenvalue weighted by Crippen LogP contribution is 2.44. The van der Waals surface area contributed by atoms with Gasteiger partial charge in [-0.25, -0.2) is 0 Å². The van der Waals surface area contributed by atoms with Crippen LogP contribution in [0.1, 0.15) is 23.8 Å². The van der Waals surface area contributed by atoms with Crippen molar-refractivity contribution in [1.29, 1.82) is 5.26 Å². The molecule has 3 heteroatoms. The fourth-order valence-corrected chi connectivity index (χ4v) is 3.46. The molecule has 0 saturated carbocycles. The lowest BCUT2D eigenvalue weighted by Gasteiger charge is -2.44. The molecule has 15 heavy (non-hydrogen) atoms. The van der Waals surface area contributed by atoms with Gasteiger partial charge in [-0.15, -0.1) is 11.3 Å². The number of nitrogens with zero attached hydrogens (tertiary/aromatic N) is 1. The number of rotatable bonds is 3. The first-order valence-corrected chi connectivity index (χ1v) is 6.14. The van der Waals surface area contributed by atoms with E-state index in [0.717, 1.165) is 6.42 Å². The highest BCUT2D eigenvalue weighted by atomic mass is 32.1. The standard InChI is InChI=1S/C12H15NOS/c1-3-10(6-13)12(7-14-8-12)11-9(2)4-5-15-11/h4-5,10H,3,7-8H2,1-2H3. The molecule has 0 radical (unpaired) electrons. The van der Waals surface area contributed by atoms with Gasteiger partial charge in [-0.3, -0.25) is 0 Å². The Morgan fingerprint density at radius 3 is 2.73 bits per heavy atom. The maximum absolute atomic E-state index is 9.22. The maximum Gasteiger partial charge on any atom is 0.0674 e. The zero-order valence-corrected chi connectivity index (χ0v) is 9.93. The summed E-state index contributed by atoms with van der Waals surface area (Å²) in [4.78, 5) is 1.35. The lowest BCUT2D eigenvalue weighted by molar-refractivity contribution is -0.0788. The fourth-order valence-electron chi connectivity index (χ4n) is 2.30. The molecule has 1 saturated heterocycles. The van der Waals surface area contributed by atoms with Gasteiger partial charge < -0.3 is 4.74 Å². The lowest BCUT2D eigenvalue weighted by atomic mass is 9.71. The van der Waals surface area contributed by atoms with Gasteiger partial charge in [-0.2, -0.15) is 5.26 Å². The average Bonchev–Trinajstić information content (AvgIpc) is 2.58. The third-order valence-corrected chi connectivity index (χ3v) is 4.50. The van der Waals surface area contributed by atoms with Crippen LogP contribution in [0.2, 0.25) is 0 Å². The summed E-state index contributed by atoms with van der Waals surface area (Å²) in [5.74, 6) is 0.0867. The Hall–Kier alpha value is -0.850. The second-order valence-corrected chi connectivity index (χ2v) is 5.09. The Balaban J connectivity index is 2.38. The van der Waals surface area contributed by atoms with E-state index in [4.69, 9.17) is 4.74 Å². The number of thiophene rings is 1. The molecule has 1 aromatic rings. The SMILES string of the molecule is CCC(C#N)C1(c2sccc2C)COC1. The summed E-state index contributed by atoms with van der Waals surface area (Å²) in [6, 6.07) is 4.57. The minimum atomic E-state index is -0.0122. The summed E-state index contributed by atoms with van der Waals surface area (Å²) in [6.07, 6.45) is 0.900. The van der Waals surface area contributed by atoms with Crippen LogP contribution in [-0.2, 0) is 10.2 Å². The van der Waals surface area contributed by atoms with E-state index in [-0.39, 0.29) is 11.3 Å². The van der Waals surface area contributed by atoms with Gasteiger partial charge in [0.05, 0.1) is 30.6 Å². The van der Waals surface area contributed by atoms with Crippen LogP contribution in [0.4, 0.5) is 0 Å². The number of aryl methyl sites for hydroxylation is 1. The molecular weight excluding hydrogens is 206 g/mol. The Morgan fingerprint density at radius 2 is 2.40 bits per heavy atom. The van der Waals surface area contributed by atoms with Crippen molar-refractivity contribution >= 4 is 11.3 Å². The van der Waals surface area contributed by atoms with E-state index in [2.05, 4.69) is 31.4 Å². The molecule has 0 bridgehead atoms. The van der Waals surface area contributed by atoms with Gasteiger partial charge in [0.1, 0.15) is 0 Å². The Kier molecular flexibility index (Phi) is 2.81. The number of nitriles is 1. The summed E-state index contributed by atoms with van der Waals surface area (Å²) in [7, 11) is 0. The molecule has 1 aromatic heterocycles. The molecule has 0 spiro atoms. The van der Waals surface area contributed by atoms with Crippen LogP contribution >= 0.6 is 11.3 Å². The van der Waals surface area contributed by atoms with Crippen LogP contribution in [0.15, 0.2) is 11.4 Å². The molecule has 2 rings (SSSR count). The second kappa shape index (κ2) is 3.96. The second-order valence-electron chi connectivity index (χ2n) is 4.17. The Bertz CT molecular complexity index is 387. The van der Waals surface area contributed by atoms with E-state index >= 15 is 0 Å². The van der Waals surface area contributed by atoms with Gasteiger partial charge >= 0.3 is 0 Å². The molecule has 1 fully saturated rings. The van der Waals surface area contributed by atoms with Crippen molar-refractivity contribution in [1.82, 2.24) is 0 Å². The average molecular weight is 221 g/mol. The van der Waals surface area contributed by atoms with E-state index in [0.29, 0.717) is 13.2 Å². The van der Waals surface area contributed by atoms with Crippen molar-refractivity contribution in [3.63, 3.8) is 0 Å². The molecule has 1 unspecified atom stereocenters. The van der Waals surface area contributed by atoms with E-state index < -0.39 is 0 Å². The van der Waals surface area contributed by atoms with Crippen LogP contribution < -0.4 is 0 Å². The van der Waals surface area contributed by atoms with E-state index in [1.54, 1.807) is 11.3 Å². The van der Waals surface area contributed by atoms with Crippen LogP contribution in [0.3, 0.4) is 0 Å². The quantitative estimate of drug-likeness (QED) is 0.786. The minimum absolute atomic E-state index is 0.0122. The third kappa shape index (κ3) is 1.49. The zero-order chi connectivity index (χ0) is 10.9. The van der Waals surface area contributed by atoms with Crippen LogP contribution in [0, 0.1) is 24.2 Å². The predicted molar refractivity (Wildman–Crippen MR) is 60.9 cm³/mol. The first-order valence-electron chi connectivity index (χ1n) is 5.26. The smallest absolute Gasteiger partial charge is 0.0674 e. The molecule has 80 valence electrons. The van der Waals surface area contributed by atoms with E-state index in [1.165, 1.54) is 10.4 Å². The summed E-state index contributed by atoms with van der Waals surface area (Å²) in [5.41, 5.74) is 1.29. The monoisotopic (exact) mass is 221 g/mol. The molecule has 0 aliphatic carbocycles.